The number of rotatable bonds is 4. The largest absolute Gasteiger partial charge is 0.353 e. The van der Waals surface area contributed by atoms with Crippen molar-refractivity contribution >= 4 is 48.3 Å². The normalized spacial score (nSPS) is 18.0. The lowest BCUT2D eigenvalue weighted by Crippen LogP contribution is -2.05. The second kappa shape index (κ2) is 6.81. The topological polar surface area (TPSA) is 40.5 Å². The van der Waals surface area contributed by atoms with Crippen LogP contribution in [0.15, 0.2) is 57.1 Å². The van der Waals surface area contributed by atoms with E-state index in [0.29, 0.717) is 0 Å². The van der Waals surface area contributed by atoms with Crippen molar-refractivity contribution in [1.29, 1.82) is 0 Å². The summed E-state index contributed by atoms with van der Waals surface area (Å²) < 4.78 is 1.10. The van der Waals surface area contributed by atoms with E-state index in [4.69, 9.17) is 0 Å². The molecule has 1 aliphatic rings. The summed E-state index contributed by atoms with van der Waals surface area (Å²) in [6.07, 6.45) is 0.971. The van der Waals surface area contributed by atoms with Crippen molar-refractivity contribution in [1.82, 2.24) is 4.98 Å². The van der Waals surface area contributed by atoms with E-state index in [0.717, 1.165) is 32.9 Å². The van der Waals surface area contributed by atoms with Crippen molar-refractivity contribution in [2.75, 3.05) is 0 Å². The summed E-state index contributed by atoms with van der Waals surface area (Å²) >= 11 is 3.59. The molecule has 2 aromatic carbocycles. The minimum absolute atomic E-state index is 0.522. The van der Waals surface area contributed by atoms with Crippen LogP contribution in [0.3, 0.4) is 0 Å². The summed E-state index contributed by atoms with van der Waals surface area (Å²) in [5.41, 5.74) is 8.32. The van der Waals surface area contributed by atoms with Crippen LogP contribution in [0.25, 0.3) is 10.9 Å². The highest BCUT2D eigenvalue weighted by atomic mass is 79.9. The van der Waals surface area contributed by atoms with Gasteiger partial charge < -0.3 is 4.98 Å². The number of thiol groups is 1. The number of aryl methyl sites for hydroxylation is 2. The molecule has 1 aromatic heterocycles. The molecule has 0 aliphatic carbocycles. The minimum Gasteiger partial charge on any atom is -0.353 e. The number of hydrogen-bond acceptors (Lipinski definition) is 2. The van der Waals surface area contributed by atoms with Gasteiger partial charge in [-0.15, -0.1) is 5.10 Å². The lowest BCUT2D eigenvalue weighted by Gasteiger charge is -2.15. The highest BCUT2D eigenvalue weighted by molar-refractivity contribution is 9.10. The summed E-state index contributed by atoms with van der Waals surface area (Å²) in [4.78, 5) is 3.59. The molecule has 0 saturated carbocycles. The quantitative estimate of drug-likeness (QED) is 0.514. The fourth-order valence-corrected chi connectivity index (χ4v) is 5.36. The number of H-pyrrole nitrogens is 1. The molecule has 3 aromatic rings. The molecular weight excluding hydrogens is 394 g/mol. The maximum atomic E-state index is 4.50. The first kappa shape index (κ1) is 16.6. The van der Waals surface area contributed by atoms with E-state index >= 15 is 0 Å². The van der Waals surface area contributed by atoms with Gasteiger partial charge in [-0.2, -0.15) is 16.0 Å². The Balaban J connectivity index is 1.71. The van der Waals surface area contributed by atoms with Gasteiger partial charge in [0.1, 0.15) is 5.04 Å². The SMILES string of the molecule is CCc1c(C2=NN=C[SH]2Cc2ccc(C)cc2)[nH]c2ccc(Br)cc12. The third-order valence-electron chi connectivity index (χ3n) is 4.53. The Hall–Kier alpha value is -1.85. The Morgan fingerprint density at radius 3 is 2.68 bits per heavy atom. The Bertz CT molecular complexity index is 986. The van der Waals surface area contributed by atoms with Crippen molar-refractivity contribution < 1.29 is 0 Å². The Kier molecular flexibility index (Phi) is 4.52. The summed E-state index contributed by atoms with van der Waals surface area (Å²) in [6.45, 7) is 4.32. The molecular formula is C20H20BrN3S. The predicted molar refractivity (Wildman–Crippen MR) is 114 cm³/mol. The zero-order valence-corrected chi connectivity index (χ0v) is 16.7. The molecule has 4 rings (SSSR count). The number of nitrogens with zero attached hydrogens (tertiary/aromatic N) is 2. The molecule has 5 heteroatoms. The predicted octanol–water partition coefficient (Wildman–Crippen LogP) is 5.71. The van der Waals surface area contributed by atoms with Gasteiger partial charge in [0, 0.05) is 21.1 Å². The number of halogens is 1. The number of nitrogens with one attached hydrogen (secondary N) is 1. The van der Waals surface area contributed by atoms with Gasteiger partial charge in [-0.3, -0.25) is 0 Å². The van der Waals surface area contributed by atoms with Crippen molar-refractivity contribution in [3.05, 3.63) is 69.3 Å². The third-order valence-corrected chi connectivity index (χ3v) is 6.97. The van der Waals surface area contributed by atoms with Crippen molar-refractivity contribution in [2.45, 2.75) is 26.0 Å². The van der Waals surface area contributed by atoms with Crippen LogP contribution in [0.5, 0.6) is 0 Å². The lowest BCUT2D eigenvalue weighted by atomic mass is 10.1. The molecule has 0 fully saturated rings. The van der Waals surface area contributed by atoms with Gasteiger partial charge in [0.2, 0.25) is 0 Å². The molecule has 0 bridgehead atoms. The highest BCUT2D eigenvalue weighted by Crippen LogP contribution is 2.39. The summed E-state index contributed by atoms with van der Waals surface area (Å²) in [5, 5.41) is 11.1. The smallest absolute Gasteiger partial charge is 0.128 e. The molecule has 25 heavy (non-hydrogen) atoms. The molecule has 2 heterocycles. The number of aromatic nitrogens is 1. The van der Waals surface area contributed by atoms with Crippen LogP contribution < -0.4 is 0 Å². The average molecular weight is 414 g/mol. The van der Waals surface area contributed by atoms with Gasteiger partial charge in [-0.25, -0.2) is 0 Å². The maximum Gasteiger partial charge on any atom is 0.128 e. The van der Waals surface area contributed by atoms with Gasteiger partial charge in [0.15, 0.2) is 0 Å². The molecule has 0 saturated heterocycles. The van der Waals surface area contributed by atoms with E-state index in [1.54, 1.807) is 0 Å². The molecule has 1 aliphatic heterocycles. The molecule has 1 atom stereocenters. The number of fused-ring (bicyclic) bond motifs is 1. The zero-order valence-electron chi connectivity index (χ0n) is 14.3. The molecule has 1 N–H and O–H groups in total. The molecule has 0 amide bonds. The molecule has 128 valence electrons. The molecule has 3 nitrogen and oxygen atoms in total. The zero-order chi connectivity index (χ0) is 17.4. The number of aromatic amines is 1. The maximum absolute atomic E-state index is 4.50. The van der Waals surface area contributed by atoms with Crippen LogP contribution in [-0.4, -0.2) is 15.6 Å². The van der Waals surface area contributed by atoms with Gasteiger partial charge in [-0.1, -0.05) is 52.7 Å². The first-order chi connectivity index (χ1) is 12.2. The Morgan fingerprint density at radius 1 is 1.12 bits per heavy atom. The fraction of sp³-hybridized carbons (Fsp3) is 0.200. The van der Waals surface area contributed by atoms with Crippen LogP contribution in [0.1, 0.15) is 29.3 Å². The summed E-state index contributed by atoms with van der Waals surface area (Å²) in [5.74, 6) is 0.986. The van der Waals surface area contributed by atoms with E-state index < -0.39 is 10.9 Å². The number of benzene rings is 2. The van der Waals surface area contributed by atoms with Gasteiger partial charge in [-0.05, 0) is 42.7 Å². The van der Waals surface area contributed by atoms with Crippen molar-refractivity contribution in [3.63, 3.8) is 0 Å². The second-order valence-corrected chi connectivity index (χ2v) is 9.12. The summed E-state index contributed by atoms with van der Waals surface area (Å²) in [6, 6.07) is 15.2. The van der Waals surface area contributed by atoms with E-state index in [2.05, 4.69) is 87.4 Å². The van der Waals surface area contributed by atoms with Crippen LogP contribution in [0, 0.1) is 6.92 Å². The Labute approximate surface area is 158 Å². The standard InChI is InChI=1S/C20H20BrN3S/c1-3-16-17-10-15(21)8-9-18(17)23-19(16)20-24-22-12-25(20)11-14-6-4-13(2)5-7-14/h4-10,12,23,25H,3,11H2,1-2H3. The van der Waals surface area contributed by atoms with E-state index in [-0.39, 0.29) is 0 Å². The Morgan fingerprint density at radius 2 is 1.92 bits per heavy atom. The lowest BCUT2D eigenvalue weighted by molar-refractivity contribution is 1.14. The monoisotopic (exact) mass is 413 g/mol. The molecule has 1 unspecified atom stereocenters. The number of hydrogen-bond donors (Lipinski definition) is 2. The summed E-state index contributed by atoms with van der Waals surface area (Å²) in [7, 11) is -0.522. The second-order valence-electron chi connectivity index (χ2n) is 6.29. The van der Waals surface area contributed by atoms with Crippen molar-refractivity contribution in [2.24, 2.45) is 10.2 Å². The van der Waals surface area contributed by atoms with Crippen LogP contribution in [0.2, 0.25) is 0 Å². The minimum atomic E-state index is -0.522. The van der Waals surface area contributed by atoms with E-state index in [9.17, 15) is 0 Å². The van der Waals surface area contributed by atoms with Gasteiger partial charge in [0.05, 0.1) is 11.2 Å². The fourth-order valence-electron chi connectivity index (χ4n) is 3.23. The van der Waals surface area contributed by atoms with Crippen LogP contribution in [0.4, 0.5) is 0 Å². The molecule has 0 radical (unpaired) electrons. The van der Waals surface area contributed by atoms with Gasteiger partial charge >= 0.3 is 0 Å². The van der Waals surface area contributed by atoms with Gasteiger partial charge in [0.25, 0.3) is 0 Å². The third kappa shape index (κ3) is 3.18. The van der Waals surface area contributed by atoms with E-state index in [1.807, 2.05) is 5.55 Å². The first-order valence-electron chi connectivity index (χ1n) is 8.39. The van der Waals surface area contributed by atoms with Crippen LogP contribution in [-0.2, 0) is 12.2 Å². The van der Waals surface area contributed by atoms with E-state index in [1.165, 1.54) is 22.1 Å². The van der Waals surface area contributed by atoms with Crippen LogP contribution >= 0.6 is 26.8 Å². The highest BCUT2D eigenvalue weighted by Gasteiger charge is 2.22. The van der Waals surface area contributed by atoms with Crippen molar-refractivity contribution in [3.8, 4) is 0 Å². The molecule has 0 spiro atoms. The first-order valence-corrected chi connectivity index (χ1v) is 10.8. The average Bonchev–Trinajstić information content (AvgIpc) is 3.20.